The number of hydrogen-bond acceptors (Lipinski definition) is 2. The monoisotopic (exact) mass is 168 g/mol. The van der Waals surface area contributed by atoms with Gasteiger partial charge in [0, 0.05) is 11.6 Å². The van der Waals surface area contributed by atoms with Crippen LogP contribution in [-0.2, 0) is 0 Å². The second-order valence-electron chi connectivity index (χ2n) is 4.59. The molecule has 1 N–H and O–H groups in total. The molecule has 2 rings (SSSR count). The Hall–Kier alpha value is -0.0800. The first kappa shape index (κ1) is 8.52. The molecule has 2 fully saturated rings. The molecule has 0 aromatic carbocycles. The van der Waals surface area contributed by atoms with Crippen LogP contribution in [0.5, 0.6) is 0 Å². The van der Waals surface area contributed by atoms with Crippen molar-refractivity contribution in [3.8, 4) is 0 Å². The molecule has 2 heterocycles. The van der Waals surface area contributed by atoms with Crippen LogP contribution in [0.15, 0.2) is 0 Å². The van der Waals surface area contributed by atoms with Crippen molar-refractivity contribution in [3.05, 3.63) is 0 Å². The van der Waals surface area contributed by atoms with Crippen molar-refractivity contribution in [3.63, 3.8) is 0 Å². The van der Waals surface area contributed by atoms with Gasteiger partial charge in [0.1, 0.15) is 0 Å². The van der Waals surface area contributed by atoms with Crippen molar-refractivity contribution in [2.45, 2.75) is 44.2 Å². The molecule has 0 aromatic rings. The predicted molar refractivity (Wildman–Crippen MR) is 51.3 cm³/mol. The number of likely N-dealkylation sites (N-methyl/N-ethyl adjacent to an activating group) is 1. The first-order chi connectivity index (χ1) is 5.72. The third-order valence-electron chi connectivity index (χ3n) is 3.66. The Morgan fingerprint density at radius 1 is 1.42 bits per heavy atom. The third kappa shape index (κ3) is 1.27. The number of nitrogens with one attached hydrogen (secondary N) is 1. The molecule has 0 aromatic heterocycles. The average molecular weight is 168 g/mol. The van der Waals surface area contributed by atoms with Crippen LogP contribution in [0.25, 0.3) is 0 Å². The lowest BCUT2D eigenvalue weighted by Crippen LogP contribution is -2.63. The molecule has 0 bridgehead atoms. The molecule has 2 aliphatic heterocycles. The van der Waals surface area contributed by atoms with Gasteiger partial charge in [-0.3, -0.25) is 0 Å². The van der Waals surface area contributed by atoms with Gasteiger partial charge in [0.25, 0.3) is 0 Å². The third-order valence-corrected chi connectivity index (χ3v) is 3.66. The van der Waals surface area contributed by atoms with Gasteiger partial charge < -0.3 is 10.2 Å². The van der Waals surface area contributed by atoms with E-state index in [9.17, 15) is 0 Å². The lowest BCUT2D eigenvalue weighted by molar-refractivity contribution is 0.0517. The molecular weight excluding hydrogens is 148 g/mol. The average Bonchev–Trinajstić information content (AvgIpc) is 2.04. The maximum Gasteiger partial charge on any atom is 0.0309 e. The van der Waals surface area contributed by atoms with Crippen molar-refractivity contribution in [1.82, 2.24) is 10.2 Å². The summed E-state index contributed by atoms with van der Waals surface area (Å²) in [7, 11) is 2.27. The van der Waals surface area contributed by atoms with Crippen molar-refractivity contribution in [1.29, 1.82) is 0 Å². The molecule has 70 valence electrons. The van der Waals surface area contributed by atoms with Gasteiger partial charge in [0.05, 0.1) is 0 Å². The van der Waals surface area contributed by atoms with Crippen LogP contribution in [0.2, 0.25) is 0 Å². The Bertz CT molecular complexity index is 165. The lowest BCUT2D eigenvalue weighted by Gasteiger charge is -2.50. The molecule has 2 heteroatoms. The first-order valence-electron chi connectivity index (χ1n) is 5.18. The highest BCUT2D eigenvalue weighted by Crippen LogP contribution is 2.31. The lowest BCUT2D eigenvalue weighted by atomic mass is 9.78. The van der Waals surface area contributed by atoms with Gasteiger partial charge in [-0.2, -0.15) is 0 Å². The highest BCUT2D eigenvalue weighted by Gasteiger charge is 2.40. The molecule has 0 aliphatic carbocycles. The molecular formula is C10H20N2. The fraction of sp³-hybridized carbons (Fsp3) is 1.00. The number of nitrogens with zero attached hydrogens (tertiary/aromatic N) is 1. The van der Waals surface area contributed by atoms with Gasteiger partial charge in [0.15, 0.2) is 0 Å². The van der Waals surface area contributed by atoms with Gasteiger partial charge in [-0.25, -0.2) is 0 Å². The maximum atomic E-state index is 3.69. The van der Waals surface area contributed by atoms with Gasteiger partial charge in [-0.1, -0.05) is 0 Å². The summed E-state index contributed by atoms with van der Waals surface area (Å²) in [6.45, 7) is 4.91. The Morgan fingerprint density at radius 3 is 3.00 bits per heavy atom. The molecule has 12 heavy (non-hydrogen) atoms. The molecule has 1 unspecified atom stereocenters. The molecule has 0 radical (unpaired) electrons. The van der Waals surface area contributed by atoms with E-state index in [-0.39, 0.29) is 0 Å². The SMILES string of the molecule is CN1CCC[C@]2(C)NCCCC12. The summed E-state index contributed by atoms with van der Waals surface area (Å²) in [5.41, 5.74) is 0.422. The van der Waals surface area contributed by atoms with Gasteiger partial charge in [-0.05, 0) is 52.7 Å². The topological polar surface area (TPSA) is 15.3 Å². The Balaban J connectivity index is 2.12. The van der Waals surface area contributed by atoms with Crippen molar-refractivity contribution in [2.24, 2.45) is 0 Å². The van der Waals surface area contributed by atoms with E-state index in [1.807, 2.05) is 0 Å². The zero-order valence-corrected chi connectivity index (χ0v) is 8.27. The van der Waals surface area contributed by atoms with E-state index < -0.39 is 0 Å². The summed E-state index contributed by atoms with van der Waals surface area (Å²) in [4.78, 5) is 2.54. The van der Waals surface area contributed by atoms with E-state index in [0.717, 1.165) is 6.04 Å². The normalized spacial score (nSPS) is 44.0. The smallest absolute Gasteiger partial charge is 0.0309 e. The molecule has 0 amide bonds. The van der Waals surface area contributed by atoms with Crippen LogP contribution in [0.3, 0.4) is 0 Å². The minimum Gasteiger partial charge on any atom is -0.310 e. The van der Waals surface area contributed by atoms with Gasteiger partial charge >= 0.3 is 0 Å². The molecule has 2 saturated heterocycles. The number of rotatable bonds is 0. The summed E-state index contributed by atoms with van der Waals surface area (Å²) in [5.74, 6) is 0. The summed E-state index contributed by atoms with van der Waals surface area (Å²) in [5, 5.41) is 3.69. The number of piperidine rings is 2. The van der Waals surface area contributed by atoms with Crippen molar-refractivity contribution in [2.75, 3.05) is 20.1 Å². The van der Waals surface area contributed by atoms with E-state index >= 15 is 0 Å². The molecule has 2 atom stereocenters. The zero-order chi connectivity index (χ0) is 8.60. The van der Waals surface area contributed by atoms with Crippen molar-refractivity contribution < 1.29 is 0 Å². The minimum atomic E-state index is 0.422. The van der Waals surface area contributed by atoms with Crippen LogP contribution >= 0.6 is 0 Å². The summed E-state index contributed by atoms with van der Waals surface area (Å²) in [6, 6.07) is 0.792. The van der Waals surface area contributed by atoms with E-state index in [2.05, 4.69) is 24.2 Å². The minimum absolute atomic E-state index is 0.422. The molecule has 2 aliphatic rings. The predicted octanol–water partition coefficient (Wildman–Crippen LogP) is 1.22. The van der Waals surface area contributed by atoms with E-state index in [4.69, 9.17) is 0 Å². The Kier molecular flexibility index (Phi) is 2.13. The fourth-order valence-electron chi connectivity index (χ4n) is 2.92. The summed E-state index contributed by atoms with van der Waals surface area (Å²) in [6.07, 6.45) is 5.46. The summed E-state index contributed by atoms with van der Waals surface area (Å²) < 4.78 is 0. The van der Waals surface area contributed by atoms with Crippen LogP contribution in [-0.4, -0.2) is 36.6 Å². The van der Waals surface area contributed by atoms with Crippen molar-refractivity contribution >= 4 is 0 Å². The van der Waals surface area contributed by atoms with Crippen LogP contribution in [0.4, 0.5) is 0 Å². The molecule has 0 saturated carbocycles. The standard InChI is InChI=1S/C10H20N2/c1-10-6-4-8-12(2)9(10)5-3-7-11-10/h9,11H,3-8H2,1-2H3/t9?,10-/m0/s1. The van der Waals surface area contributed by atoms with Gasteiger partial charge in [-0.15, -0.1) is 0 Å². The second kappa shape index (κ2) is 3.00. The number of likely N-dealkylation sites (tertiary alicyclic amines) is 1. The van der Waals surface area contributed by atoms with Crippen LogP contribution in [0, 0.1) is 0 Å². The molecule has 0 spiro atoms. The van der Waals surface area contributed by atoms with Gasteiger partial charge in [0.2, 0.25) is 0 Å². The zero-order valence-electron chi connectivity index (χ0n) is 8.27. The first-order valence-corrected chi connectivity index (χ1v) is 5.18. The van der Waals surface area contributed by atoms with E-state index in [1.165, 1.54) is 38.8 Å². The molecule has 2 nitrogen and oxygen atoms in total. The van der Waals surface area contributed by atoms with Crippen LogP contribution < -0.4 is 5.32 Å². The second-order valence-corrected chi connectivity index (χ2v) is 4.59. The summed E-state index contributed by atoms with van der Waals surface area (Å²) >= 11 is 0. The highest BCUT2D eigenvalue weighted by atomic mass is 15.2. The Labute approximate surface area is 75.3 Å². The highest BCUT2D eigenvalue weighted by molar-refractivity contribution is 5.01. The number of hydrogen-bond donors (Lipinski definition) is 1. The van der Waals surface area contributed by atoms with E-state index in [0.29, 0.717) is 5.54 Å². The number of fused-ring (bicyclic) bond motifs is 1. The fourth-order valence-corrected chi connectivity index (χ4v) is 2.92. The Morgan fingerprint density at radius 2 is 2.25 bits per heavy atom. The quantitative estimate of drug-likeness (QED) is 0.585. The van der Waals surface area contributed by atoms with E-state index in [1.54, 1.807) is 0 Å². The van der Waals surface area contributed by atoms with Crippen LogP contribution in [0.1, 0.15) is 32.6 Å². The maximum absolute atomic E-state index is 3.69. The largest absolute Gasteiger partial charge is 0.310 e.